The molecule has 0 atom stereocenters. The predicted molar refractivity (Wildman–Crippen MR) is 81.5 cm³/mol. The summed E-state index contributed by atoms with van der Waals surface area (Å²) < 4.78 is 13.8. The molecule has 2 heterocycles. The zero-order chi connectivity index (χ0) is 14.7. The standard InChI is InChI=1S/C16H19FN4/c17-14-11-19-16(18)20-15(14)21-8-6-13(7-9-21)10-12-4-2-1-3-5-12/h1-5,11,13H,6-10H2,(H2,18,19,20). The minimum absolute atomic E-state index is 0.123. The Kier molecular flexibility index (Phi) is 3.99. The molecule has 110 valence electrons. The zero-order valence-electron chi connectivity index (χ0n) is 11.9. The van der Waals surface area contributed by atoms with Crippen molar-refractivity contribution in [3.05, 3.63) is 47.9 Å². The molecular formula is C16H19FN4. The first-order valence-electron chi connectivity index (χ1n) is 7.29. The van der Waals surface area contributed by atoms with Crippen molar-refractivity contribution in [1.82, 2.24) is 9.97 Å². The quantitative estimate of drug-likeness (QED) is 0.942. The third-order valence-electron chi connectivity index (χ3n) is 4.03. The van der Waals surface area contributed by atoms with Crippen LogP contribution >= 0.6 is 0 Å². The molecule has 1 aliphatic rings. The summed E-state index contributed by atoms with van der Waals surface area (Å²) in [6, 6.07) is 10.5. The van der Waals surface area contributed by atoms with Crippen molar-refractivity contribution in [2.45, 2.75) is 19.3 Å². The Bertz CT molecular complexity index is 594. The number of nitrogen functional groups attached to an aromatic ring is 1. The number of hydrogen-bond donors (Lipinski definition) is 1. The zero-order valence-corrected chi connectivity index (χ0v) is 11.9. The third kappa shape index (κ3) is 3.29. The van der Waals surface area contributed by atoms with Gasteiger partial charge in [-0.15, -0.1) is 0 Å². The van der Waals surface area contributed by atoms with Gasteiger partial charge in [0.15, 0.2) is 11.6 Å². The molecule has 0 saturated carbocycles. The Labute approximate surface area is 123 Å². The molecule has 3 rings (SSSR count). The Hall–Kier alpha value is -2.17. The summed E-state index contributed by atoms with van der Waals surface area (Å²) in [5, 5.41) is 0. The third-order valence-corrected chi connectivity index (χ3v) is 4.03. The van der Waals surface area contributed by atoms with Gasteiger partial charge in [-0.05, 0) is 30.7 Å². The Morgan fingerprint density at radius 3 is 2.62 bits per heavy atom. The fourth-order valence-electron chi connectivity index (χ4n) is 2.89. The number of benzene rings is 1. The van der Waals surface area contributed by atoms with Crippen LogP contribution in [0.4, 0.5) is 16.2 Å². The van der Waals surface area contributed by atoms with Gasteiger partial charge in [0.1, 0.15) is 0 Å². The van der Waals surface area contributed by atoms with Crippen LogP contribution in [0.15, 0.2) is 36.5 Å². The first-order valence-corrected chi connectivity index (χ1v) is 7.29. The average molecular weight is 286 g/mol. The number of anilines is 2. The van der Waals surface area contributed by atoms with Crippen LogP contribution in [-0.4, -0.2) is 23.1 Å². The van der Waals surface area contributed by atoms with Crippen molar-refractivity contribution in [1.29, 1.82) is 0 Å². The Morgan fingerprint density at radius 2 is 1.90 bits per heavy atom. The van der Waals surface area contributed by atoms with Gasteiger partial charge in [0.2, 0.25) is 5.95 Å². The van der Waals surface area contributed by atoms with Gasteiger partial charge in [0.25, 0.3) is 0 Å². The number of hydrogen-bond acceptors (Lipinski definition) is 4. The molecule has 4 nitrogen and oxygen atoms in total. The highest BCUT2D eigenvalue weighted by molar-refractivity contribution is 5.42. The molecule has 0 bridgehead atoms. The van der Waals surface area contributed by atoms with Crippen LogP contribution in [0.3, 0.4) is 0 Å². The Balaban J connectivity index is 1.61. The second-order valence-corrected chi connectivity index (χ2v) is 5.52. The second kappa shape index (κ2) is 6.08. The number of nitrogens with two attached hydrogens (primary N) is 1. The molecule has 1 saturated heterocycles. The van der Waals surface area contributed by atoms with E-state index >= 15 is 0 Å². The van der Waals surface area contributed by atoms with Gasteiger partial charge in [0, 0.05) is 13.1 Å². The largest absolute Gasteiger partial charge is 0.368 e. The first-order chi connectivity index (χ1) is 10.2. The lowest BCUT2D eigenvalue weighted by Gasteiger charge is -2.33. The summed E-state index contributed by atoms with van der Waals surface area (Å²) in [6.45, 7) is 1.62. The molecule has 0 radical (unpaired) electrons. The minimum atomic E-state index is -0.397. The van der Waals surface area contributed by atoms with E-state index in [9.17, 15) is 4.39 Å². The summed E-state index contributed by atoms with van der Waals surface area (Å²) in [7, 11) is 0. The highest BCUT2D eigenvalue weighted by Gasteiger charge is 2.22. The van der Waals surface area contributed by atoms with E-state index < -0.39 is 5.82 Å². The molecule has 5 heteroatoms. The summed E-state index contributed by atoms with van der Waals surface area (Å²) in [6.07, 6.45) is 4.31. The van der Waals surface area contributed by atoms with Gasteiger partial charge in [-0.2, -0.15) is 4.98 Å². The van der Waals surface area contributed by atoms with E-state index in [1.807, 2.05) is 11.0 Å². The average Bonchev–Trinajstić information content (AvgIpc) is 2.52. The van der Waals surface area contributed by atoms with Crippen LogP contribution in [0.25, 0.3) is 0 Å². The second-order valence-electron chi connectivity index (χ2n) is 5.52. The molecule has 0 spiro atoms. The number of aromatic nitrogens is 2. The summed E-state index contributed by atoms with van der Waals surface area (Å²) in [5.41, 5.74) is 6.92. The van der Waals surface area contributed by atoms with Gasteiger partial charge < -0.3 is 10.6 Å². The van der Waals surface area contributed by atoms with Gasteiger partial charge >= 0.3 is 0 Å². The molecular weight excluding hydrogens is 267 g/mol. The number of rotatable bonds is 3. The molecule has 1 fully saturated rings. The lowest BCUT2D eigenvalue weighted by Crippen LogP contribution is -2.35. The van der Waals surface area contributed by atoms with Crippen molar-refractivity contribution in [2.75, 3.05) is 23.7 Å². The molecule has 1 aromatic carbocycles. The van der Waals surface area contributed by atoms with Crippen LogP contribution in [0.1, 0.15) is 18.4 Å². The Morgan fingerprint density at radius 1 is 1.19 bits per heavy atom. The molecule has 1 aromatic heterocycles. The summed E-state index contributed by atoms with van der Waals surface area (Å²) in [4.78, 5) is 9.66. The highest BCUT2D eigenvalue weighted by Crippen LogP contribution is 2.26. The van der Waals surface area contributed by atoms with Gasteiger partial charge in [-0.1, -0.05) is 30.3 Å². The lowest BCUT2D eigenvalue weighted by molar-refractivity contribution is 0.399. The maximum absolute atomic E-state index is 13.8. The van der Waals surface area contributed by atoms with E-state index in [1.54, 1.807) is 0 Å². The van der Waals surface area contributed by atoms with Crippen LogP contribution < -0.4 is 10.6 Å². The number of nitrogens with zero attached hydrogens (tertiary/aromatic N) is 3. The van der Waals surface area contributed by atoms with Crippen molar-refractivity contribution < 1.29 is 4.39 Å². The molecule has 2 aromatic rings. The lowest BCUT2D eigenvalue weighted by atomic mass is 9.90. The van der Waals surface area contributed by atoms with Crippen LogP contribution in [0.2, 0.25) is 0 Å². The van der Waals surface area contributed by atoms with Crippen LogP contribution in [0.5, 0.6) is 0 Å². The minimum Gasteiger partial charge on any atom is -0.368 e. The molecule has 0 unspecified atom stereocenters. The topological polar surface area (TPSA) is 55.0 Å². The van der Waals surface area contributed by atoms with Crippen molar-refractivity contribution in [2.24, 2.45) is 5.92 Å². The SMILES string of the molecule is Nc1ncc(F)c(N2CCC(Cc3ccccc3)CC2)n1. The van der Waals surface area contributed by atoms with E-state index in [0.717, 1.165) is 38.5 Å². The predicted octanol–water partition coefficient (Wildman–Crippen LogP) is 2.66. The smallest absolute Gasteiger partial charge is 0.222 e. The normalized spacial score (nSPS) is 16.1. The van der Waals surface area contributed by atoms with E-state index in [1.165, 1.54) is 5.56 Å². The van der Waals surface area contributed by atoms with Crippen molar-refractivity contribution in [3.63, 3.8) is 0 Å². The van der Waals surface area contributed by atoms with E-state index in [2.05, 4.69) is 34.2 Å². The van der Waals surface area contributed by atoms with Crippen molar-refractivity contribution >= 4 is 11.8 Å². The molecule has 21 heavy (non-hydrogen) atoms. The monoisotopic (exact) mass is 286 g/mol. The fraction of sp³-hybridized carbons (Fsp3) is 0.375. The van der Waals surface area contributed by atoms with Gasteiger partial charge in [0.05, 0.1) is 6.20 Å². The molecule has 2 N–H and O–H groups in total. The fourth-order valence-corrected chi connectivity index (χ4v) is 2.89. The maximum Gasteiger partial charge on any atom is 0.222 e. The molecule has 0 amide bonds. The molecule has 1 aliphatic heterocycles. The first kappa shape index (κ1) is 13.8. The maximum atomic E-state index is 13.8. The van der Waals surface area contributed by atoms with Crippen LogP contribution in [0, 0.1) is 11.7 Å². The van der Waals surface area contributed by atoms with Gasteiger partial charge in [-0.25, -0.2) is 9.37 Å². The number of halogens is 1. The van der Waals surface area contributed by atoms with Crippen LogP contribution in [-0.2, 0) is 6.42 Å². The van der Waals surface area contributed by atoms with Crippen molar-refractivity contribution in [3.8, 4) is 0 Å². The molecule has 0 aliphatic carbocycles. The van der Waals surface area contributed by atoms with E-state index in [-0.39, 0.29) is 5.95 Å². The summed E-state index contributed by atoms with van der Waals surface area (Å²) in [5.74, 6) is 0.704. The van der Waals surface area contributed by atoms with E-state index in [0.29, 0.717) is 11.7 Å². The summed E-state index contributed by atoms with van der Waals surface area (Å²) >= 11 is 0. The van der Waals surface area contributed by atoms with Gasteiger partial charge in [-0.3, -0.25) is 0 Å². The number of piperidine rings is 1. The highest BCUT2D eigenvalue weighted by atomic mass is 19.1. The van der Waals surface area contributed by atoms with E-state index in [4.69, 9.17) is 5.73 Å².